The van der Waals surface area contributed by atoms with Crippen LogP contribution in [0, 0.1) is 0 Å². The van der Waals surface area contributed by atoms with Crippen molar-refractivity contribution in [2.75, 3.05) is 20.6 Å². The van der Waals surface area contributed by atoms with Crippen LogP contribution in [0.4, 0.5) is 0 Å². The van der Waals surface area contributed by atoms with Crippen molar-refractivity contribution in [3.63, 3.8) is 0 Å². The fraction of sp³-hybridized carbons (Fsp3) is 0.409. The molecule has 0 bridgehead atoms. The smallest absolute Gasteiger partial charge is 0.163 e. The minimum atomic E-state index is 0.0944. The Morgan fingerprint density at radius 3 is 2.69 bits per heavy atom. The lowest BCUT2D eigenvalue weighted by atomic mass is 9.88. The SMILES string of the molecule is CCC(=O)c1ccc2c(c1-c1ccccc1Cl)COC2CCCN(C)C. The molecule has 0 spiro atoms. The molecule has 1 atom stereocenters. The van der Waals surface area contributed by atoms with Gasteiger partial charge in [0.15, 0.2) is 5.78 Å². The molecule has 0 saturated heterocycles. The lowest BCUT2D eigenvalue weighted by Gasteiger charge is -2.16. The van der Waals surface area contributed by atoms with E-state index in [1.54, 1.807) is 0 Å². The highest BCUT2D eigenvalue weighted by Crippen LogP contribution is 2.43. The number of hydrogen-bond donors (Lipinski definition) is 0. The van der Waals surface area contributed by atoms with Gasteiger partial charge in [-0.3, -0.25) is 4.79 Å². The van der Waals surface area contributed by atoms with Crippen LogP contribution in [0.1, 0.15) is 53.8 Å². The first-order valence-electron chi connectivity index (χ1n) is 9.23. The van der Waals surface area contributed by atoms with E-state index in [-0.39, 0.29) is 11.9 Å². The largest absolute Gasteiger partial charge is 0.369 e. The maximum atomic E-state index is 12.6. The van der Waals surface area contributed by atoms with E-state index in [0.717, 1.165) is 41.6 Å². The Balaban J connectivity index is 2.03. The van der Waals surface area contributed by atoms with E-state index < -0.39 is 0 Å². The van der Waals surface area contributed by atoms with Crippen molar-refractivity contribution >= 4 is 17.4 Å². The molecule has 138 valence electrons. The fourth-order valence-electron chi connectivity index (χ4n) is 3.62. The van der Waals surface area contributed by atoms with Crippen LogP contribution in [-0.4, -0.2) is 31.3 Å². The molecular formula is C22H26ClNO2. The van der Waals surface area contributed by atoms with E-state index >= 15 is 0 Å². The number of nitrogens with zero attached hydrogens (tertiary/aromatic N) is 1. The van der Waals surface area contributed by atoms with E-state index in [1.165, 1.54) is 5.56 Å². The topological polar surface area (TPSA) is 29.5 Å². The van der Waals surface area contributed by atoms with Gasteiger partial charge in [0.05, 0.1) is 12.7 Å². The maximum absolute atomic E-state index is 12.6. The second-order valence-electron chi connectivity index (χ2n) is 7.06. The molecule has 0 N–H and O–H groups in total. The summed E-state index contributed by atoms with van der Waals surface area (Å²) in [6.45, 7) is 3.47. The van der Waals surface area contributed by atoms with E-state index in [1.807, 2.05) is 37.3 Å². The zero-order chi connectivity index (χ0) is 18.7. The molecule has 1 unspecified atom stereocenters. The summed E-state index contributed by atoms with van der Waals surface area (Å²) >= 11 is 6.48. The molecule has 4 heteroatoms. The maximum Gasteiger partial charge on any atom is 0.163 e. The third-order valence-corrected chi connectivity index (χ3v) is 5.29. The number of benzene rings is 2. The Kier molecular flexibility index (Phi) is 6.13. The number of Topliss-reactive ketones (excluding diaryl/α,β-unsaturated/α-hetero) is 1. The van der Waals surface area contributed by atoms with Gasteiger partial charge in [0.1, 0.15) is 0 Å². The predicted octanol–water partition coefficient (Wildman–Crippen LogP) is 5.51. The number of rotatable bonds is 7. The average Bonchev–Trinajstić information content (AvgIpc) is 3.04. The van der Waals surface area contributed by atoms with Gasteiger partial charge in [-0.25, -0.2) is 0 Å². The molecule has 1 heterocycles. The summed E-state index contributed by atoms with van der Waals surface area (Å²) in [6.07, 6.45) is 2.63. The van der Waals surface area contributed by atoms with Gasteiger partial charge in [-0.05, 0) is 56.2 Å². The number of ketones is 1. The normalized spacial score (nSPS) is 16.1. The second-order valence-corrected chi connectivity index (χ2v) is 7.46. The summed E-state index contributed by atoms with van der Waals surface area (Å²) in [5, 5.41) is 0.669. The van der Waals surface area contributed by atoms with Crippen LogP contribution < -0.4 is 0 Å². The zero-order valence-corrected chi connectivity index (χ0v) is 16.5. The number of halogens is 1. The van der Waals surface area contributed by atoms with Crippen LogP contribution in [0.3, 0.4) is 0 Å². The zero-order valence-electron chi connectivity index (χ0n) is 15.7. The standard InChI is InChI=1S/C22H26ClNO2/c1-4-20(25)17-12-11-15-18(14-26-21(15)10-7-13-24(2)3)22(17)16-8-5-6-9-19(16)23/h5-6,8-9,11-12,21H,4,7,10,13-14H2,1-3H3. The summed E-state index contributed by atoms with van der Waals surface area (Å²) in [4.78, 5) is 14.7. The van der Waals surface area contributed by atoms with E-state index in [0.29, 0.717) is 18.1 Å². The Labute approximate surface area is 160 Å². The van der Waals surface area contributed by atoms with E-state index in [2.05, 4.69) is 25.1 Å². The molecule has 1 aliphatic heterocycles. The number of ether oxygens (including phenoxy) is 1. The highest BCUT2D eigenvalue weighted by molar-refractivity contribution is 6.33. The van der Waals surface area contributed by atoms with Crippen LogP contribution in [0.5, 0.6) is 0 Å². The van der Waals surface area contributed by atoms with Crippen molar-refractivity contribution in [1.82, 2.24) is 4.90 Å². The molecule has 1 aliphatic rings. The Hall–Kier alpha value is -1.68. The minimum absolute atomic E-state index is 0.0944. The van der Waals surface area contributed by atoms with Crippen molar-refractivity contribution in [2.24, 2.45) is 0 Å². The first-order valence-corrected chi connectivity index (χ1v) is 9.61. The third-order valence-electron chi connectivity index (χ3n) is 4.96. The van der Waals surface area contributed by atoms with Gasteiger partial charge in [-0.15, -0.1) is 0 Å². The van der Waals surface area contributed by atoms with Crippen LogP contribution in [-0.2, 0) is 11.3 Å². The van der Waals surface area contributed by atoms with Gasteiger partial charge in [-0.1, -0.05) is 48.9 Å². The molecule has 26 heavy (non-hydrogen) atoms. The number of carbonyl (C=O) groups excluding carboxylic acids is 1. The molecule has 0 aromatic heterocycles. The summed E-state index contributed by atoms with van der Waals surface area (Å²) in [5.74, 6) is 0.138. The van der Waals surface area contributed by atoms with Crippen LogP contribution in [0.2, 0.25) is 5.02 Å². The summed E-state index contributed by atoms with van der Waals surface area (Å²) in [6, 6.07) is 11.8. The lowest BCUT2D eigenvalue weighted by Crippen LogP contribution is -2.13. The van der Waals surface area contributed by atoms with Crippen LogP contribution in [0.25, 0.3) is 11.1 Å². The van der Waals surface area contributed by atoms with Gasteiger partial charge >= 0.3 is 0 Å². The molecule has 0 aliphatic carbocycles. The Bertz CT molecular complexity index is 801. The molecule has 2 aromatic carbocycles. The predicted molar refractivity (Wildman–Crippen MR) is 107 cm³/mol. The first kappa shape index (κ1) is 19.1. The first-order chi connectivity index (χ1) is 12.5. The summed E-state index contributed by atoms with van der Waals surface area (Å²) < 4.78 is 6.10. The molecule has 3 rings (SSSR count). The van der Waals surface area contributed by atoms with Crippen molar-refractivity contribution in [3.05, 3.63) is 58.1 Å². The molecule has 0 radical (unpaired) electrons. The third kappa shape index (κ3) is 3.85. The molecular weight excluding hydrogens is 346 g/mol. The highest BCUT2D eigenvalue weighted by Gasteiger charge is 2.29. The Morgan fingerprint density at radius 1 is 1.23 bits per heavy atom. The van der Waals surface area contributed by atoms with Crippen molar-refractivity contribution in [1.29, 1.82) is 0 Å². The lowest BCUT2D eigenvalue weighted by molar-refractivity contribution is 0.0574. The van der Waals surface area contributed by atoms with Gasteiger partial charge in [0, 0.05) is 22.6 Å². The Morgan fingerprint density at radius 2 is 2.00 bits per heavy atom. The van der Waals surface area contributed by atoms with Crippen LogP contribution in [0.15, 0.2) is 36.4 Å². The highest BCUT2D eigenvalue weighted by atomic mass is 35.5. The van der Waals surface area contributed by atoms with Gasteiger partial charge < -0.3 is 9.64 Å². The van der Waals surface area contributed by atoms with Gasteiger partial charge in [-0.2, -0.15) is 0 Å². The quantitative estimate of drug-likeness (QED) is 0.601. The number of carbonyl (C=O) groups is 1. The van der Waals surface area contributed by atoms with Crippen molar-refractivity contribution in [2.45, 2.75) is 38.9 Å². The molecule has 0 amide bonds. The summed E-state index contributed by atoms with van der Waals surface area (Å²) in [7, 11) is 4.17. The van der Waals surface area contributed by atoms with Crippen LogP contribution >= 0.6 is 11.6 Å². The monoisotopic (exact) mass is 371 g/mol. The van der Waals surface area contributed by atoms with E-state index in [4.69, 9.17) is 16.3 Å². The van der Waals surface area contributed by atoms with Crippen molar-refractivity contribution in [3.8, 4) is 11.1 Å². The summed E-state index contributed by atoms with van der Waals surface area (Å²) in [5.41, 5.74) is 4.94. The molecule has 0 saturated carbocycles. The minimum Gasteiger partial charge on any atom is -0.369 e. The average molecular weight is 372 g/mol. The van der Waals surface area contributed by atoms with E-state index in [9.17, 15) is 4.79 Å². The number of fused-ring (bicyclic) bond motifs is 1. The molecule has 0 fully saturated rings. The number of hydrogen-bond acceptors (Lipinski definition) is 3. The molecule has 3 nitrogen and oxygen atoms in total. The second kappa shape index (κ2) is 8.34. The van der Waals surface area contributed by atoms with Gasteiger partial charge in [0.2, 0.25) is 0 Å². The van der Waals surface area contributed by atoms with Gasteiger partial charge in [0.25, 0.3) is 0 Å². The molecule has 2 aromatic rings. The fourth-order valence-corrected chi connectivity index (χ4v) is 3.85. The van der Waals surface area contributed by atoms with Crippen molar-refractivity contribution < 1.29 is 9.53 Å².